The topological polar surface area (TPSA) is 18.5 Å². The molecule has 0 aromatic heterocycles. The van der Waals surface area contributed by atoms with Crippen molar-refractivity contribution in [3.63, 3.8) is 0 Å². The lowest BCUT2D eigenvalue weighted by Crippen LogP contribution is -2.48. The summed E-state index contributed by atoms with van der Waals surface area (Å²) in [6, 6.07) is 11.4. The molecule has 1 atom stereocenters. The summed E-state index contributed by atoms with van der Waals surface area (Å²) in [7, 11) is 2.21. The van der Waals surface area contributed by atoms with Gasteiger partial charge >= 0.3 is 0 Å². The van der Waals surface area contributed by atoms with E-state index in [4.69, 9.17) is 0 Å². The van der Waals surface area contributed by atoms with E-state index in [-0.39, 0.29) is 0 Å². The highest BCUT2D eigenvalue weighted by Crippen LogP contribution is 2.21. The Bertz CT molecular complexity index is 331. The maximum Gasteiger partial charge on any atom is 0.0473 e. The zero-order valence-corrected chi connectivity index (χ0v) is 11.6. The van der Waals surface area contributed by atoms with Crippen molar-refractivity contribution in [1.82, 2.24) is 15.1 Å². The van der Waals surface area contributed by atoms with Crippen LogP contribution in [0.4, 0.5) is 0 Å². The molecule has 1 aliphatic rings. The summed E-state index contributed by atoms with van der Waals surface area (Å²) >= 11 is 0. The first-order valence-electron chi connectivity index (χ1n) is 6.99. The third-order valence-electron chi connectivity index (χ3n) is 3.75. The lowest BCUT2D eigenvalue weighted by Gasteiger charge is -2.38. The van der Waals surface area contributed by atoms with Crippen LogP contribution in [0.25, 0.3) is 0 Å². The van der Waals surface area contributed by atoms with Crippen molar-refractivity contribution in [2.75, 3.05) is 46.3 Å². The molecule has 3 nitrogen and oxygen atoms in total. The molecule has 1 unspecified atom stereocenters. The highest BCUT2D eigenvalue weighted by atomic mass is 15.3. The van der Waals surface area contributed by atoms with Gasteiger partial charge in [0.2, 0.25) is 0 Å². The fourth-order valence-corrected chi connectivity index (χ4v) is 2.55. The van der Waals surface area contributed by atoms with Crippen molar-refractivity contribution in [2.45, 2.75) is 13.0 Å². The van der Waals surface area contributed by atoms with Crippen LogP contribution in [0.5, 0.6) is 0 Å². The van der Waals surface area contributed by atoms with Gasteiger partial charge in [-0.15, -0.1) is 0 Å². The molecule has 18 heavy (non-hydrogen) atoms. The Morgan fingerprint density at radius 1 is 1.11 bits per heavy atom. The van der Waals surface area contributed by atoms with E-state index in [2.05, 4.69) is 59.4 Å². The van der Waals surface area contributed by atoms with Gasteiger partial charge in [0, 0.05) is 38.8 Å². The fraction of sp³-hybridized carbons (Fsp3) is 0.600. The summed E-state index contributed by atoms with van der Waals surface area (Å²) in [6.07, 6.45) is 0. The summed E-state index contributed by atoms with van der Waals surface area (Å²) in [6.45, 7) is 8.95. The minimum Gasteiger partial charge on any atom is -0.315 e. The molecule has 1 aliphatic heterocycles. The van der Waals surface area contributed by atoms with Crippen LogP contribution in [0.2, 0.25) is 0 Å². The SMILES string of the molecule is CCNCC(c1ccccc1)N1CCN(C)CC1. The van der Waals surface area contributed by atoms with Crippen LogP contribution >= 0.6 is 0 Å². The minimum atomic E-state index is 0.514. The normalized spacial score (nSPS) is 19.9. The van der Waals surface area contributed by atoms with Gasteiger partial charge in [-0.05, 0) is 19.2 Å². The summed E-state index contributed by atoms with van der Waals surface area (Å²) in [5.41, 5.74) is 1.43. The van der Waals surface area contributed by atoms with Crippen LogP contribution in [0.3, 0.4) is 0 Å². The van der Waals surface area contributed by atoms with Crippen molar-refractivity contribution >= 4 is 0 Å². The number of piperazine rings is 1. The van der Waals surface area contributed by atoms with Crippen LogP contribution in [0, 0.1) is 0 Å². The van der Waals surface area contributed by atoms with Gasteiger partial charge in [-0.3, -0.25) is 4.90 Å². The maximum atomic E-state index is 3.50. The van der Waals surface area contributed by atoms with E-state index in [9.17, 15) is 0 Å². The maximum absolute atomic E-state index is 3.50. The molecule has 0 bridgehead atoms. The van der Waals surface area contributed by atoms with E-state index in [1.165, 1.54) is 31.7 Å². The molecule has 1 fully saturated rings. The molecule has 1 aromatic carbocycles. The molecule has 0 radical (unpaired) electrons. The Balaban J connectivity index is 2.05. The molecular weight excluding hydrogens is 222 g/mol. The second kappa shape index (κ2) is 6.88. The van der Waals surface area contributed by atoms with Gasteiger partial charge in [-0.1, -0.05) is 37.3 Å². The molecule has 1 aromatic rings. The lowest BCUT2D eigenvalue weighted by molar-refractivity contribution is 0.110. The number of rotatable bonds is 5. The molecular formula is C15H25N3. The van der Waals surface area contributed by atoms with Gasteiger partial charge in [0.1, 0.15) is 0 Å². The summed E-state index contributed by atoms with van der Waals surface area (Å²) in [5.74, 6) is 0. The number of likely N-dealkylation sites (N-methyl/N-ethyl adjacent to an activating group) is 2. The van der Waals surface area contributed by atoms with Gasteiger partial charge in [0.05, 0.1) is 0 Å². The Kier molecular flexibility index (Phi) is 5.17. The first-order chi connectivity index (χ1) is 8.81. The predicted octanol–water partition coefficient (Wildman–Crippen LogP) is 1.58. The summed E-state index contributed by atoms with van der Waals surface area (Å²) < 4.78 is 0. The smallest absolute Gasteiger partial charge is 0.0473 e. The van der Waals surface area contributed by atoms with Gasteiger partial charge < -0.3 is 10.2 Å². The van der Waals surface area contributed by atoms with Crippen molar-refractivity contribution in [3.05, 3.63) is 35.9 Å². The van der Waals surface area contributed by atoms with E-state index >= 15 is 0 Å². The first-order valence-corrected chi connectivity index (χ1v) is 6.99. The largest absolute Gasteiger partial charge is 0.315 e. The van der Waals surface area contributed by atoms with Crippen LogP contribution in [0.15, 0.2) is 30.3 Å². The Hall–Kier alpha value is -0.900. The van der Waals surface area contributed by atoms with Crippen LogP contribution in [-0.2, 0) is 0 Å². The molecule has 1 heterocycles. The van der Waals surface area contributed by atoms with Crippen LogP contribution in [0.1, 0.15) is 18.5 Å². The van der Waals surface area contributed by atoms with E-state index in [1.54, 1.807) is 0 Å². The molecule has 1 N–H and O–H groups in total. The van der Waals surface area contributed by atoms with Crippen molar-refractivity contribution in [1.29, 1.82) is 0 Å². The Labute approximate surface area is 111 Å². The summed E-state index contributed by atoms with van der Waals surface area (Å²) in [5, 5.41) is 3.50. The average Bonchev–Trinajstić information content (AvgIpc) is 2.42. The van der Waals surface area contributed by atoms with E-state index in [0.29, 0.717) is 6.04 Å². The number of nitrogens with zero attached hydrogens (tertiary/aromatic N) is 2. The number of hydrogen-bond donors (Lipinski definition) is 1. The monoisotopic (exact) mass is 247 g/mol. The number of hydrogen-bond acceptors (Lipinski definition) is 3. The van der Waals surface area contributed by atoms with E-state index in [0.717, 1.165) is 13.1 Å². The number of benzene rings is 1. The Morgan fingerprint density at radius 3 is 2.39 bits per heavy atom. The molecule has 2 rings (SSSR count). The second-order valence-corrected chi connectivity index (χ2v) is 5.07. The highest BCUT2D eigenvalue weighted by molar-refractivity contribution is 5.19. The van der Waals surface area contributed by atoms with Crippen LogP contribution in [-0.4, -0.2) is 56.1 Å². The second-order valence-electron chi connectivity index (χ2n) is 5.07. The molecule has 0 saturated carbocycles. The minimum absolute atomic E-state index is 0.514. The van der Waals surface area contributed by atoms with Gasteiger partial charge in [0.15, 0.2) is 0 Å². The quantitative estimate of drug-likeness (QED) is 0.852. The van der Waals surface area contributed by atoms with Gasteiger partial charge in [-0.25, -0.2) is 0 Å². The third kappa shape index (κ3) is 3.55. The van der Waals surface area contributed by atoms with Crippen LogP contribution < -0.4 is 5.32 Å². The standard InChI is InChI=1S/C15H25N3/c1-3-16-13-15(14-7-5-4-6-8-14)18-11-9-17(2)10-12-18/h4-8,15-16H,3,9-13H2,1-2H3. The zero-order chi connectivity index (χ0) is 12.8. The highest BCUT2D eigenvalue weighted by Gasteiger charge is 2.23. The molecule has 1 saturated heterocycles. The van der Waals surface area contributed by atoms with E-state index in [1.807, 2.05) is 0 Å². The Morgan fingerprint density at radius 2 is 1.78 bits per heavy atom. The molecule has 100 valence electrons. The van der Waals surface area contributed by atoms with Crippen molar-refractivity contribution < 1.29 is 0 Å². The molecule has 0 aliphatic carbocycles. The number of nitrogens with one attached hydrogen (secondary N) is 1. The van der Waals surface area contributed by atoms with Gasteiger partial charge in [0.25, 0.3) is 0 Å². The zero-order valence-electron chi connectivity index (χ0n) is 11.6. The molecule has 3 heteroatoms. The molecule has 0 amide bonds. The van der Waals surface area contributed by atoms with Gasteiger partial charge in [-0.2, -0.15) is 0 Å². The van der Waals surface area contributed by atoms with E-state index < -0.39 is 0 Å². The first kappa shape index (κ1) is 13.5. The average molecular weight is 247 g/mol. The fourth-order valence-electron chi connectivity index (χ4n) is 2.55. The summed E-state index contributed by atoms with van der Waals surface area (Å²) in [4.78, 5) is 5.02. The lowest BCUT2D eigenvalue weighted by atomic mass is 10.0. The van der Waals surface area contributed by atoms with Crippen molar-refractivity contribution in [2.24, 2.45) is 0 Å². The third-order valence-corrected chi connectivity index (χ3v) is 3.75. The molecule has 0 spiro atoms. The predicted molar refractivity (Wildman–Crippen MR) is 76.8 cm³/mol. The van der Waals surface area contributed by atoms with Crippen molar-refractivity contribution in [3.8, 4) is 0 Å².